The van der Waals surface area contributed by atoms with Gasteiger partial charge in [0.1, 0.15) is 28.4 Å². The minimum absolute atomic E-state index is 0.324. The molecule has 0 atom stereocenters. The molecule has 0 saturated heterocycles. The van der Waals surface area contributed by atoms with Crippen molar-refractivity contribution in [2.75, 3.05) is 0 Å². The normalized spacial score (nSPS) is 12.2. The van der Waals surface area contributed by atoms with Crippen molar-refractivity contribution in [3.63, 3.8) is 0 Å². The van der Waals surface area contributed by atoms with Crippen molar-refractivity contribution in [1.29, 1.82) is 5.26 Å². The predicted octanol–water partition coefficient (Wildman–Crippen LogP) is 20.2. The van der Waals surface area contributed by atoms with E-state index in [1.165, 1.54) is 20.2 Å². The van der Waals surface area contributed by atoms with Gasteiger partial charge in [0.2, 0.25) is 5.69 Å². The molecule has 0 saturated carbocycles. The Morgan fingerprint density at radius 3 is 1.33 bits per heavy atom. The largest absolute Gasteiger partial charge is 0.455 e. The van der Waals surface area contributed by atoms with Gasteiger partial charge in [-0.25, -0.2) is 4.85 Å². The van der Waals surface area contributed by atoms with Crippen LogP contribution >= 0.6 is 22.7 Å². The molecule has 0 unspecified atom stereocenters. The van der Waals surface area contributed by atoms with E-state index in [1.54, 1.807) is 22.7 Å². The molecule has 0 spiro atoms. The second-order valence-corrected chi connectivity index (χ2v) is 21.6. The number of thiophene rings is 2. The second kappa shape index (κ2) is 15.3. The van der Waals surface area contributed by atoms with Crippen LogP contribution in [0.2, 0.25) is 0 Å². The highest BCUT2D eigenvalue weighted by molar-refractivity contribution is 7.27. The lowest BCUT2D eigenvalue weighted by atomic mass is 9.87. The van der Waals surface area contributed by atoms with Crippen molar-refractivity contribution >= 4 is 156 Å². The molecular weight excluding hydrogens is 969 g/mol. The molecule has 0 aliphatic heterocycles. The predicted molar refractivity (Wildman–Crippen MR) is 317 cm³/mol. The van der Waals surface area contributed by atoms with Gasteiger partial charge in [0.25, 0.3) is 0 Å². The van der Waals surface area contributed by atoms with Crippen molar-refractivity contribution < 1.29 is 8.83 Å². The summed E-state index contributed by atoms with van der Waals surface area (Å²) in [5.74, 6) is 0. The van der Waals surface area contributed by atoms with E-state index in [0.29, 0.717) is 50.5 Å². The molecular formula is C68H34N4O2S2. The van der Waals surface area contributed by atoms with Crippen LogP contribution in [0, 0.1) is 17.9 Å². The summed E-state index contributed by atoms with van der Waals surface area (Å²) in [6.07, 6.45) is 0. The van der Waals surface area contributed by atoms with Crippen LogP contribution in [-0.2, 0) is 0 Å². The summed E-state index contributed by atoms with van der Waals surface area (Å²) in [5, 5.41) is 25.2. The second-order valence-electron chi connectivity index (χ2n) is 19.5. The Bertz CT molecular complexity index is 5300. The van der Waals surface area contributed by atoms with E-state index in [9.17, 15) is 11.8 Å². The highest BCUT2D eigenvalue weighted by Crippen LogP contribution is 2.56. The van der Waals surface area contributed by atoms with Crippen molar-refractivity contribution in [2.24, 2.45) is 0 Å². The fraction of sp³-hybridized carbons (Fsp3) is 0. The number of furan rings is 2. The smallest absolute Gasteiger partial charge is 0.220 e. The Kier molecular flexibility index (Phi) is 8.36. The standard InChI is InChI=1S/C68H34N4O2S2/c1-70-60-58(49-24-14-22-45-39-18-4-10-28-54(39)73-65(45)49)51(36-69)61(71-52-26-8-2-16-37(52)43-32-34-47-41-20-6-12-30-56(41)75-67(47)62(43)71)59(50-25-15-23-46-40-19-5-11-29-55(40)74-66(46)50)64(60)72-53-27-9-3-17-38(53)44-33-35-48-42-21-7-13-31-57(42)76-68(48)63(44)72/h2-35H. The Balaban J connectivity index is 1.20. The van der Waals surface area contributed by atoms with E-state index in [1.807, 2.05) is 48.5 Å². The molecule has 6 nitrogen and oxygen atoms in total. The summed E-state index contributed by atoms with van der Waals surface area (Å²) in [7, 11) is 0. The molecule has 0 amide bonds. The minimum Gasteiger partial charge on any atom is -0.455 e. The molecule has 0 bridgehead atoms. The maximum Gasteiger partial charge on any atom is 0.220 e. The maximum atomic E-state index is 12.5. The lowest BCUT2D eigenvalue weighted by molar-refractivity contribution is 0.669. The van der Waals surface area contributed by atoms with Crippen LogP contribution in [0.3, 0.4) is 0 Å². The summed E-state index contributed by atoms with van der Waals surface area (Å²) >= 11 is 3.54. The number of para-hydroxylation sites is 6. The fourth-order valence-corrected chi connectivity index (χ4v) is 15.2. The van der Waals surface area contributed by atoms with Gasteiger partial charge in [-0.1, -0.05) is 170 Å². The molecule has 0 N–H and O–H groups in total. The molecule has 0 radical (unpaired) electrons. The lowest BCUT2D eigenvalue weighted by Crippen LogP contribution is -2.09. The molecule has 6 heterocycles. The number of rotatable bonds is 4. The average molecular weight is 1000 g/mol. The Morgan fingerprint density at radius 1 is 0.395 bits per heavy atom. The van der Waals surface area contributed by atoms with E-state index in [-0.39, 0.29) is 0 Å². The van der Waals surface area contributed by atoms with E-state index in [2.05, 4.69) is 173 Å². The molecule has 17 aromatic rings. The van der Waals surface area contributed by atoms with Crippen LogP contribution < -0.4 is 0 Å². The van der Waals surface area contributed by atoms with Crippen LogP contribution in [0.25, 0.3) is 166 Å². The summed E-state index contributed by atoms with van der Waals surface area (Å²) in [6.45, 7) is 9.76. The zero-order chi connectivity index (χ0) is 49.9. The molecule has 8 heteroatoms. The number of nitrogens with zero attached hydrogens (tertiary/aromatic N) is 4. The number of nitriles is 1. The quantitative estimate of drug-likeness (QED) is 0.165. The zero-order valence-electron chi connectivity index (χ0n) is 40.1. The Labute approximate surface area is 439 Å². The zero-order valence-corrected chi connectivity index (χ0v) is 41.7. The SMILES string of the molecule is [C-]#[N+]c1c(-c2cccc3c2oc2ccccc23)c(C#N)c(-n2c3ccccc3c3ccc4c5ccccc5sc4c32)c(-c2cccc3c2oc2ccccc23)c1-n1c2ccccc2c2ccc3c4ccccc4sc3c21. The minimum atomic E-state index is 0.324. The summed E-state index contributed by atoms with van der Waals surface area (Å²) < 4.78 is 23.3. The van der Waals surface area contributed by atoms with Gasteiger partial charge in [0.05, 0.1) is 55.0 Å². The average Bonchev–Trinajstić information content (AvgIpc) is 4.49. The molecule has 6 aromatic heterocycles. The first kappa shape index (κ1) is 41.5. The fourth-order valence-electron chi connectivity index (χ4n) is 12.7. The van der Waals surface area contributed by atoms with Gasteiger partial charge in [-0.05, 0) is 36.4 Å². The lowest BCUT2D eigenvalue weighted by Gasteiger charge is -2.26. The van der Waals surface area contributed by atoms with Crippen molar-refractivity contribution in [2.45, 2.75) is 0 Å². The van der Waals surface area contributed by atoms with Crippen LogP contribution in [0.5, 0.6) is 0 Å². The third-order valence-electron chi connectivity index (χ3n) is 15.8. The van der Waals surface area contributed by atoms with Gasteiger partial charge in [-0.3, -0.25) is 0 Å². The van der Waals surface area contributed by atoms with E-state index in [4.69, 9.17) is 13.7 Å². The van der Waals surface area contributed by atoms with Gasteiger partial charge in [-0.2, -0.15) is 5.26 Å². The first-order chi connectivity index (χ1) is 37.7. The van der Waals surface area contributed by atoms with E-state index in [0.717, 1.165) is 102 Å². The Hall–Kier alpha value is -9.96. The van der Waals surface area contributed by atoms with Gasteiger partial charge in [0, 0.05) is 96.3 Å². The summed E-state index contributed by atoms with van der Waals surface area (Å²) in [6, 6.07) is 74.8. The number of hydrogen-bond acceptors (Lipinski definition) is 5. The van der Waals surface area contributed by atoms with Crippen LogP contribution in [0.15, 0.2) is 215 Å². The highest BCUT2D eigenvalue weighted by Gasteiger charge is 2.35. The third kappa shape index (κ3) is 5.35. The van der Waals surface area contributed by atoms with Crippen molar-refractivity contribution in [3.8, 4) is 39.7 Å². The van der Waals surface area contributed by atoms with E-state index < -0.39 is 0 Å². The van der Waals surface area contributed by atoms with Crippen LogP contribution in [-0.4, -0.2) is 9.13 Å². The Morgan fingerprint density at radius 2 is 0.816 bits per heavy atom. The summed E-state index contributed by atoms with van der Waals surface area (Å²) in [5.41, 5.74) is 11.2. The third-order valence-corrected chi connectivity index (χ3v) is 18.2. The molecule has 0 aliphatic rings. The number of benzene rings is 11. The molecule has 76 heavy (non-hydrogen) atoms. The van der Waals surface area contributed by atoms with Gasteiger partial charge >= 0.3 is 0 Å². The first-order valence-electron chi connectivity index (χ1n) is 25.2. The highest BCUT2D eigenvalue weighted by atomic mass is 32.1. The number of fused-ring (bicyclic) bond motifs is 20. The van der Waals surface area contributed by atoms with E-state index >= 15 is 0 Å². The van der Waals surface area contributed by atoms with Gasteiger partial charge in [-0.15, -0.1) is 22.7 Å². The monoisotopic (exact) mass is 1000 g/mol. The molecule has 0 aliphatic carbocycles. The number of aromatic nitrogens is 2. The van der Waals surface area contributed by atoms with Crippen molar-refractivity contribution in [1.82, 2.24) is 9.13 Å². The van der Waals surface area contributed by atoms with Crippen LogP contribution in [0.4, 0.5) is 5.69 Å². The van der Waals surface area contributed by atoms with Crippen LogP contribution in [0.1, 0.15) is 5.56 Å². The van der Waals surface area contributed by atoms with Gasteiger partial charge in [0.15, 0.2) is 0 Å². The summed E-state index contributed by atoms with van der Waals surface area (Å²) in [4.78, 5) is 4.75. The molecule has 0 fully saturated rings. The molecule has 350 valence electrons. The number of hydrogen-bond donors (Lipinski definition) is 0. The van der Waals surface area contributed by atoms with Gasteiger partial charge < -0.3 is 18.0 Å². The van der Waals surface area contributed by atoms with Crippen molar-refractivity contribution in [3.05, 3.63) is 223 Å². The topological polar surface area (TPSA) is 64.3 Å². The molecule has 17 rings (SSSR count). The first-order valence-corrected chi connectivity index (χ1v) is 26.8. The molecule has 11 aromatic carbocycles. The maximum absolute atomic E-state index is 12.5.